The molecule has 0 aliphatic carbocycles. The van der Waals surface area contributed by atoms with Gasteiger partial charge in [-0.25, -0.2) is 4.57 Å². The fraction of sp³-hybridized carbons (Fsp3) is 0. The highest BCUT2D eigenvalue weighted by Gasteiger charge is 2.04. The second kappa shape index (κ2) is 6.14. The summed E-state index contributed by atoms with van der Waals surface area (Å²) in [5.74, 6) is 0.884. The molecule has 0 aromatic heterocycles. The number of benzene rings is 2. The summed E-state index contributed by atoms with van der Waals surface area (Å²) in [6.45, 7) is 0. The minimum atomic E-state index is -2.66. The Morgan fingerprint density at radius 3 is 1.39 bits per heavy atom. The summed E-state index contributed by atoms with van der Waals surface area (Å²) in [5, 5.41) is 1.17. The van der Waals surface area contributed by atoms with Crippen LogP contribution in [-0.2, 0) is 4.57 Å². The minimum Gasteiger partial charge on any atom is -0.418 e. The van der Waals surface area contributed by atoms with Crippen LogP contribution in [-0.4, -0.2) is 0 Å². The Bertz CT molecular complexity index is 491. The molecule has 0 spiro atoms. The van der Waals surface area contributed by atoms with E-state index in [1.807, 2.05) is 0 Å². The fourth-order valence-corrected chi connectivity index (χ4v) is 2.17. The van der Waals surface area contributed by atoms with Crippen LogP contribution in [0, 0.1) is 0 Å². The lowest BCUT2D eigenvalue weighted by Gasteiger charge is -2.07. The Labute approximate surface area is 115 Å². The Hall–Kier alpha value is -1.15. The maximum Gasteiger partial charge on any atom is 0.418 e. The quantitative estimate of drug-likeness (QED) is 0.758. The van der Waals surface area contributed by atoms with E-state index in [-0.39, 0.29) is 0 Å². The van der Waals surface area contributed by atoms with E-state index in [9.17, 15) is 4.57 Å². The summed E-state index contributed by atoms with van der Waals surface area (Å²) in [6.07, 6.45) is 0. The number of rotatable bonds is 4. The van der Waals surface area contributed by atoms with Gasteiger partial charge in [0, 0.05) is 10.0 Å². The van der Waals surface area contributed by atoms with Crippen molar-refractivity contribution in [2.24, 2.45) is 0 Å². The van der Waals surface area contributed by atoms with E-state index in [1.54, 1.807) is 48.5 Å². The van der Waals surface area contributed by atoms with Crippen LogP contribution in [0.2, 0.25) is 10.0 Å². The zero-order chi connectivity index (χ0) is 13.0. The van der Waals surface area contributed by atoms with Gasteiger partial charge in [-0.2, -0.15) is 0 Å². The molecule has 0 unspecified atom stereocenters. The molecular weight excluding hydrogens is 294 g/mol. The van der Waals surface area contributed by atoms with Gasteiger partial charge in [0.15, 0.2) is 0 Å². The van der Waals surface area contributed by atoms with Gasteiger partial charge in [-0.15, -0.1) is 0 Å². The van der Waals surface area contributed by atoms with Gasteiger partial charge >= 0.3 is 8.25 Å². The molecule has 0 bridgehead atoms. The number of hydrogen-bond donors (Lipinski definition) is 0. The van der Waals surface area contributed by atoms with Gasteiger partial charge in [0.05, 0.1) is 0 Å². The normalized spacial score (nSPS) is 10.4. The van der Waals surface area contributed by atoms with E-state index in [1.165, 1.54) is 0 Å². The largest absolute Gasteiger partial charge is 0.418 e. The van der Waals surface area contributed by atoms with E-state index < -0.39 is 8.25 Å². The van der Waals surface area contributed by atoms with Gasteiger partial charge in [0.2, 0.25) is 0 Å². The molecule has 2 aromatic rings. The lowest BCUT2D eigenvalue weighted by molar-refractivity contribution is 0.415. The predicted octanol–water partition coefficient (Wildman–Crippen LogP) is 4.84. The fourth-order valence-electron chi connectivity index (χ4n) is 1.22. The molecule has 0 amide bonds. The minimum absolute atomic E-state index is 0.442. The van der Waals surface area contributed by atoms with Crippen molar-refractivity contribution in [3.63, 3.8) is 0 Å². The molecule has 0 saturated heterocycles. The molecule has 94 valence electrons. The first-order chi connectivity index (χ1) is 8.63. The molecule has 0 aliphatic heterocycles. The van der Waals surface area contributed by atoms with Crippen LogP contribution in [0.25, 0.3) is 0 Å². The zero-order valence-corrected chi connectivity index (χ0v) is 11.6. The van der Waals surface area contributed by atoms with Crippen molar-refractivity contribution in [2.75, 3.05) is 0 Å². The van der Waals surface area contributed by atoms with Crippen LogP contribution in [0.3, 0.4) is 0 Å². The van der Waals surface area contributed by atoms with Crippen molar-refractivity contribution in [1.82, 2.24) is 0 Å². The standard InChI is InChI=1S/C12H9Cl2O3P/c13-9-1-5-11(6-2-9)16-18(15)17-12-7-3-10(14)4-8-12/h1-8,18H. The topological polar surface area (TPSA) is 35.5 Å². The lowest BCUT2D eigenvalue weighted by Crippen LogP contribution is -1.88. The Kier molecular flexibility index (Phi) is 4.54. The van der Waals surface area contributed by atoms with E-state index in [2.05, 4.69) is 0 Å². The summed E-state index contributed by atoms with van der Waals surface area (Å²) >= 11 is 11.4. The first kappa shape index (κ1) is 13.3. The summed E-state index contributed by atoms with van der Waals surface area (Å²) in [4.78, 5) is 0. The average molecular weight is 303 g/mol. The molecule has 0 fully saturated rings. The van der Waals surface area contributed by atoms with E-state index in [0.29, 0.717) is 21.5 Å². The molecule has 2 rings (SSSR count). The van der Waals surface area contributed by atoms with Crippen molar-refractivity contribution in [3.05, 3.63) is 58.6 Å². The second-order valence-electron chi connectivity index (χ2n) is 3.36. The van der Waals surface area contributed by atoms with Gasteiger partial charge in [0.25, 0.3) is 0 Å². The maximum absolute atomic E-state index is 11.6. The Balaban J connectivity index is 1.96. The molecule has 18 heavy (non-hydrogen) atoms. The highest BCUT2D eigenvalue weighted by atomic mass is 35.5. The predicted molar refractivity (Wildman–Crippen MR) is 73.2 cm³/mol. The molecule has 0 N–H and O–H groups in total. The average Bonchev–Trinajstić information content (AvgIpc) is 2.35. The van der Waals surface area contributed by atoms with Crippen LogP contribution < -0.4 is 9.05 Å². The van der Waals surface area contributed by atoms with E-state index in [0.717, 1.165) is 0 Å². The highest BCUT2D eigenvalue weighted by Crippen LogP contribution is 2.31. The molecule has 3 nitrogen and oxygen atoms in total. The molecule has 0 heterocycles. The maximum atomic E-state index is 11.6. The Morgan fingerprint density at radius 1 is 0.722 bits per heavy atom. The first-order valence-electron chi connectivity index (χ1n) is 5.04. The van der Waals surface area contributed by atoms with Crippen LogP contribution in [0.1, 0.15) is 0 Å². The first-order valence-corrected chi connectivity index (χ1v) is 7.02. The summed E-state index contributed by atoms with van der Waals surface area (Å²) in [5.41, 5.74) is 0. The number of halogens is 2. The van der Waals surface area contributed by atoms with Crippen LogP contribution >= 0.6 is 31.5 Å². The van der Waals surface area contributed by atoms with Gasteiger partial charge in [-0.3, -0.25) is 0 Å². The molecule has 2 aromatic carbocycles. The van der Waals surface area contributed by atoms with Crippen molar-refractivity contribution in [2.45, 2.75) is 0 Å². The van der Waals surface area contributed by atoms with Crippen LogP contribution in [0.5, 0.6) is 11.5 Å². The molecule has 0 aliphatic rings. The van der Waals surface area contributed by atoms with Gasteiger partial charge in [0.1, 0.15) is 11.5 Å². The summed E-state index contributed by atoms with van der Waals surface area (Å²) in [7, 11) is -2.66. The molecule has 6 heteroatoms. The smallest absolute Gasteiger partial charge is 0.418 e. The van der Waals surface area contributed by atoms with Gasteiger partial charge in [-0.1, -0.05) is 23.2 Å². The molecule has 0 saturated carbocycles. The van der Waals surface area contributed by atoms with Crippen LogP contribution in [0.4, 0.5) is 0 Å². The number of hydrogen-bond acceptors (Lipinski definition) is 3. The van der Waals surface area contributed by atoms with Crippen molar-refractivity contribution >= 4 is 31.5 Å². The SMILES string of the molecule is O=[PH](Oc1ccc(Cl)cc1)Oc1ccc(Cl)cc1. The van der Waals surface area contributed by atoms with Crippen molar-refractivity contribution in [1.29, 1.82) is 0 Å². The van der Waals surface area contributed by atoms with Crippen LogP contribution in [0.15, 0.2) is 48.5 Å². The second-order valence-corrected chi connectivity index (χ2v) is 5.14. The van der Waals surface area contributed by atoms with E-state index in [4.69, 9.17) is 32.2 Å². The van der Waals surface area contributed by atoms with Crippen molar-refractivity contribution < 1.29 is 13.6 Å². The monoisotopic (exact) mass is 302 g/mol. The van der Waals surface area contributed by atoms with Gasteiger partial charge < -0.3 is 9.05 Å². The zero-order valence-electron chi connectivity index (χ0n) is 9.10. The third kappa shape index (κ3) is 3.95. The molecule has 0 radical (unpaired) electrons. The van der Waals surface area contributed by atoms with E-state index >= 15 is 0 Å². The molecular formula is C12H9Cl2O3P. The summed E-state index contributed by atoms with van der Waals surface area (Å²) < 4.78 is 21.9. The third-order valence-electron chi connectivity index (χ3n) is 2.03. The highest BCUT2D eigenvalue weighted by molar-refractivity contribution is 7.34. The Morgan fingerprint density at radius 2 is 1.06 bits per heavy atom. The third-order valence-corrected chi connectivity index (χ3v) is 3.34. The lowest BCUT2D eigenvalue weighted by atomic mass is 10.3. The molecule has 0 atom stereocenters. The van der Waals surface area contributed by atoms with Crippen molar-refractivity contribution in [3.8, 4) is 11.5 Å². The summed E-state index contributed by atoms with van der Waals surface area (Å²) in [6, 6.07) is 13.1. The van der Waals surface area contributed by atoms with Gasteiger partial charge in [-0.05, 0) is 48.5 Å².